The molecule has 1 atom stereocenters. The molecule has 1 aliphatic heterocycles. The summed E-state index contributed by atoms with van der Waals surface area (Å²) >= 11 is 1.67. The summed E-state index contributed by atoms with van der Waals surface area (Å²) in [6, 6.07) is 10.9. The number of thiazole rings is 1. The third-order valence-electron chi connectivity index (χ3n) is 4.96. The predicted molar refractivity (Wildman–Crippen MR) is 105 cm³/mol. The number of morpholine rings is 1. The van der Waals surface area contributed by atoms with Crippen LogP contribution in [0.25, 0.3) is 22.0 Å². The van der Waals surface area contributed by atoms with Crippen LogP contribution in [0.3, 0.4) is 0 Å². The minimum atomic E-state index is 0.482. The Hall–Kier alpha value is -2.02. The van der Waals surface area contributed by atoms with Gasteiger partial charge < -0.3 is 9.30 Å². The quantitative estimate of drug-likeness (QED) is 0.664. The second kappa shape index (κ2) is 8.12. The summed E-state index contributed by atoms with van der Waals surface area (Å²) in [5, 5.41) is 3.05. The van der Waals surface area contributed by atoms with Crippen LogP contribution >= 0.6 is 11.3 Å². The van der Waals surface area contributed by atoms with Crippen LogP contribution in [-0.4, -0.2) is 51.8 Å². The first-order valence-corrected chi connectivity index (χ1v) is 10.1. The van der Waals surface area contributed by atoms with Crippen molar-refractivity contribution in [1.82, 2.24) is 19.4 Å². The van der Waals surface area contributed by atoms with Crippen LogP contribution in [0.1, 0.15) is 13.3 Å². The maximum Gasteiger partial charge on any atom is 0.142 e. The van der Waals surface area contributed by atoms with Crippen molar-refractivity contribution in [3.63, 3.8) is 0 Å². The van der Waals surface area contributed by atoms with Crippen molar-refractivity contribution in [3.05, 3.63) is 48.2 Å². The van der Waals surface area contributed by atoms with Crippen molar-refractivity contribution in [3.8, 4) is 22.0 Å². The summed E-state index contributed by atoms with van der Waals surface area (Å²) in [6.07, 6.45) is 4.95. The molecular weight excluding hydrogens is 344 g/mol. The van der Waals surface area contributed by atoms with Gasteiger partial charge >= 0.3 is 0 Å². The molecule has 1 aromatic carbocycles. The number of imidazole rings is 1. The van der Waals surface area contributed by atoms with Crippen LogP contribution in [0.5, 0.6) is 0 Å². The van der Waals surface area contributed by atoms with Crippen LogP contribution in [-0.2, 0) is 11.3 Å². The van der Waals surface area contributed by atoms with Gasteiger partial charge in [-0.15, -0.1) is 11.3 Å². The van der Waals surface area contributed by atoms with Gasteiger partial charge in [0.25, 0.3) is 0 Å². The molecule has 0 unspecified atom stereocenters. The third-order valence-corrected chi connectivity index (χ3v) is 5.74. The van der Waals surface area contributed by atoms with Crippen molar-refractivity contribution in [2.45, 2.75) is 25.9 Å². The summed E-state index contributed by atoms with van der Waals surface area (Å²) in [5.41, 5.74) is 3.27. The molecule has 0 amide bonds. The van der Waals surface area contributed by atoms with Crippen molar-refractivity contribution in [2.24, 2.45) is 0 Å². The van der Waals surface area contributed by atoms with E-state index in [9.17, 15) is 0 Å². The van der Waals surface area contributed by atoms with Crippen molar-refractivity contribution >= 4 is 11.3 Å². The fraction of sp³-hybridized carbons (Fsp3) is 0.400. The molecule has 3 heterocycles. The molecule has 26 heavy (non-hydrogen) atoms. The van der Waals surface area contributed by atoms with Crippen LogP contribution in [0.2, 0.25) is 0 Å². The Labute approximate surface area is 158 Å². The molecule has 0 N–H and O–H groups in total. The number of benzene rings is 1. The molecule has 0 bridgehead atoms. The van der Waals surface area contributed by atoms with Gasteiger partial charge in [0.15, 0.2) is 0 Å². The predicted octanol–water partition coefficient (Wildman–Crippen LogP) is 3.78. The van der Waals surface area contributed by atoms with Crippen molar-refractivity contribution < 1.29 is 4.74 Å². The third kappa shape index (κ3) is 3.58. The molecule has 0 aliphatic carbocycles. The molecule has 4 rings (SSSR count). The number of nitrogens with zero attached hydrogens (tertiary/aromatic N) is 4. The van der Waals surface area contributed by atoms with E-state index in [-0.39, 0.29) is 0 Å². The van der Waals surface area contributed by atoms with Gasteiger partial charge in [0.1, 0.15) is 10.7 Å². The topological polar surface area (TPSA) is 43.2 Å². The van der Waals surface area contributed by atoms with E-state index < -0.39 is 0 Å². The van der Waals surface area contributed by atoms with E-state index >= 15 is 0 Å². The Morgan fingerprint density at radius 3 is 2.65 bits per heavy atom. The van der Waals surface area contributed by atoms with E-state index in [1.807, 2.05) is 24.0 Å². The van der Waals surface area contributed by atoms with E-state index in [1.165, 1.54) is 0 Å². The van der Waals surface area contributed by atoms with Gasteiger partial charge in [0, 0.05) is 42.8 Å². The minimum Gasteiger partial charge on any atom is -0.379 e. The molecule has 5 nitrogen and oxygen atoms in total. The molecule has 1 saturated heterocycles. The lowest BCUT2D eigenvalue weighted by atomic mass is 10.1. The van der Waals surface area contributed by atoms with Gasteiger partial charge in [-0.2, -0.15) is 0 Å². The average Bonchev–Trinajstić information content (AvgIpc) is 3.37. The van der Waals surface area contributed by atoms with Gasteiger partial charge in [-0.3, -0.25) is 4.90 Å². The molecule has 1 aliphatic rings. The van der Waals surface area contributed by atoms with E-state index in [1.54, 1.807) is 11.3 Å². The van der Waals surface area contributed by atoms with Crippen molar-refractivity contribution in [2.75, 3.05) is 26.3 Å². The average molecular weight is 369 g/mol. The molecule has 3 aromatic rings. The summed E-state index contributed by atoms with van der Waals surface area (Å²) < 4.78 is 7.80. The highest BCUT2D eigenvalue weighted by Gasteiger charge is 2.23. The lowest BCUT2D eigenvalue weighted by Crippen LogP contribution is -2.45. The fourth-order valence-corrected chi connectivity index (χ4v) is 4.26. The first-order chi connectivity index (χ1) is 12.9. The lowest BCUT2D eigenvalue weighted by Gasteiger charge is -2.34. The highest BCUT2D eigenvalue weighted by molar-refractivity contribution is 7.13. The van der Waals surface area contributed by atoms with E-state index in [2.05, 4.69) is 45.6 Å². The Kier molecular flexibility index (Phi) is 5.43. The zero-order valence-corrected chi connectivity index (χ0v) is 15.9. The Morgan fingerprint density at radius 1 is 1.15 bits per heavy atom. The second-order valence-corrected chi connectivity index (χ2v) is 7.40. The van der Waals surface area contributed by atoms with Crippen LogP contribution < -0.4 is 0 Å². The number of hydrogen-bond acceptors (Lipinski definition) is 5. The maximum atomic E-state index is 5.52. The zero-order valence-electron chi connectivity index (χ0n) is 15.0. The molecule has 6 heteroatoms. The molecule has 0 saturated carbocycles. The molecule has 136 valence electrons. The summed E-state index contributed by atoms with van der Waals surface area (Å²) in [6.45, 7) is 6.85. The maximum absolute atomic E-state index is 5.52. The SMILES string of the molecule is CC[C@H](Cn1cnc(-c2ccccc2)c1-c1nccs1)N1CCOCC1. The fourth-order valence-electron chi connectivity index (χ4n) is 3.57. The van der Waals surface area contributed by atoms with Gasteiger partial charge in [-0.1, -0.05) is 37.3 Å². The Balaban J connectivity index is 1.68. The minimum absolute atomic E-state index is 0.482. The highest BCUT2D eigenvalue weighted by Crippen LogP contribution is 2.32. The largest absolute Gasteiger partial charge is 0.379 e. The van der Waals surface area contributed by atoms with Gasteiger partial charge in [0.05, 0.1) is 25.2 Å². The Bertz CT molecular complexity index is 810. The number of hydrogen-bond donors (Lipinski definition) is 0. The molecule has 2 aromatic heterocycles. The standard InChI is InChI=1S/C20H24N4OS/c1-2-17(23-9-11-25-12-10-23)14-24-15-22-18(16-6-4-3-5-7-16)19(24)20-21-8-13-26-20/h3-8,13,15,17H,2,9-12,14H2,1H3/t17-/m1/s1. The molecule has 0 spiro atoms. The normalized spacial score (nSPS) is 16.7. The van der Waals surface area contributed by atoms with Gasteiger partial charge in [-0.25, -0.2) is 9.97 Å². The smallest absolute Gasteiger partial charge is 0.142 e. The van der Waals surface area contributed by atoms with Gasteiger partial charge in [-0.05, 0) is 6.42 Å². The highest BCUT2D eigenvalue weighted by atomic mass is 32.1. The number of rotatable bonds is 6. The molecular formula is C20H24N4OS. The number of aromatic nitrogens is 3. The zero-order chi connectivity index (χ0) is 17.8. The van der Waals surface area contributed by atoms with Crippen LogP contribution in [0, 0.1) is 0 Å². The molecule has 0 radical (unpaired) electrons. The second-order valence-electron chi connectivity index (χ2n) is 6.51. The Morgan fingerprint density at radius 2 is 1.96 bits per heavy atom. The summed E-state index contributed by atoms with van der Waals surface area (Å²) in [5.74, 6) is 0. The summed E-state index contributed by atoms with van der Waals surface area (Å²) in [4.78, 5) is 11.9. The first kappa shape index (κ1) is 17.4. The van der Waals surface area contributed by atoms with Crippen LogP contribution in [0.15, 0.2) is 48.2 Å². The van der Waals surface area contributed by atoms with Crippen molar-refractivity contribution in [1.29, 1.82) is 0 Å². The lowest BCUT2D eigenvalue weighted by molar-refractivity contribution is 0.0121. The van der Waals surface area contributed by atoms with E-state index in [0.29, 0.717) is 6.04 Å². The van der Waals surface area contributed by atoms with E-state index in [0.717, 1.165) is 61.2 Å². The number of ether oxygens (including phenoxy) is 1. The monoisotopic (exact) mass is 368 g/mol. The van der Waals surface area contributed by atoms with E-state index in [4.69, 9.17) is 9.72 Å². The van der Waals surface area contributed by atoms with Gasteiger partial charge in [0.2, 0.25) is 0 Å². The molecule has 1 fully saturated rings. The van der Waals surface area contributed by atoms with Crippen LogP contribution in [0.4, 0.5) is 0 Å². The first-order valence-electron chi connectivity index (χ1n) is 9.19. The summed E-state index contributed by atoms with van der Waals surface area (Å²) in [7, 11) is 0.